The average Bonchev–Trinajstić information content (AvgIpc) is 2.73. The van der Waals surface area contributed by atoms with E-state index in [0.717, 1.165) is 10.0 Å². The van der Waals surface area contributed by atoms with Crippen molar-refractivity contribution in [3.8, 4) is 11.8 Å². The van der Waals surface area contributed by atoms with Gasteiger partial charge in [-0.05, 0) is 55.8 Å². The third kappa shape index (κ3) is 5.37. The molecule has 0 spiro atoms. The number of thioether (sulfide) groups is 1. The fourth-order valence-electron chi connectivity index (χ4n) is 3.36. The molecule has 3 N–H and O–H groups in total. The highest BCUT2D eigenvalue weighted by Gasteiger charge is 2.33. The Kier molecular flexibility index (Phi) is 7.21. The van der Waals surface area contributed by atoms with Crippen molar-refractivity contribution in [3.63, 3.8) is 0 Å². The second kappa shape index (κ2) is 9.86. The molecule has 0 fully saturated rings. The van der Waals surface area contributed by atoms with E-state index in [0.29, 0.717) is 27.6 Å². The molecule has 0 aromatic heterocycles. The van der Waals surface area contributed by atoms with E-state index >= 15 is 0 Å². The van der Waals surface area contributed by atoms with Crippen molar-refractivity contribution in [3.05, 3.63) is 80.4 Å². The van der Waals surface area contributed by atoms with Gasteiger partial charge in [0.25, 0.3) is 0 Å². The van der Waals surface area contributed by atoms with Crippen molar-refractivity contribution in [2.24, 2.45) is 0 Å². The van der Waals surface area contributed by atoms with Gasteiger partial charge in [-0.1, -0.05) is 39.8 Å². The summed E-state index contributed by atoms with van der Waals surface area (Å²) < 4.78 is 0.916. The van der Waals surface area contributed by atoms with E-state index in [4.69, 9.17) is 0 Å². The van der Waals surface area contributed by atoms with Gasteiger partial charge < -0.3 is 15.7 Å². The summed E-state index contributed by atoms with van der Waals surface area (Å²) in [5, 5.41) is 26.0. The zero-order valence-corrected chi connectivity index (χ0v) is 19.3. The van der Waals surface area contributed by atoms with Gasteiger partial charge in [-0.3, -0.25) is 9.59 Å². The lowest BCUT2D eigenvalue weighted by Gasteiger charge is -2.29. The second-order valence-electron chi connectivity index (χ2n) is 6.94. The molecule has 8 heteroatoms. The fourth-order valence-corrected chi connectivity index (χ4v) is 4.52. The minimum atomic E-state index is -0.568. The smallest absolute Gasteiger partial charge is 0.234 e. The number of aromatic hydroxyl groups is 1. The summed E-state index contributed by atoms with van der Waals surface area (Å²) in [5.41, 5.74) is 2.89. The van der Waals surface area contributed by atoms with Crippen LogP contribution in [0, 0.1) is 11.3 Å². The molecule has 3 rings (SSSR count). The van der Waals surface area contributed by atoms with Crippen molar-refractivity contribution < 1.29 is 14.7 Å². The van der Waals surface area contributed by atoms with Gasteiger partial charge in [0.05, 0.1) is 28.3 Å². The van der Waals surface area contributed by atoms with E-state index in [1.807, 2.05) is 12.1 Å². The number of nitrogens with zero attached hydrogens (tertiary/aromatic N) is 1. The molecule has 0 radical (unpaired) electrons. The van der Waals surface area contributed by atoms with Crippen LogP contribution in [0.25, 0.3) is 0 Å². The van der Waals surface area contributed by atoms with Gasteiger partial charge in [0.15, 0.2) is 5.78 Å². The van der Waals surface area contributed by atoms with Crippen LogP contribution in [0.1, 0.15) is 25.3 Å². The Hall–Kier alpha value is -3.02. The van der Waals surface area contributed by atoms with E-state index in [-0.39, 0.29) is 23.2 Å². The molecule has 0 unspecified atom stereocenters. The van der Waals surface area contributed by atoms with Gasteiger partial charge >= 0.3 is 0 Å². The number of phenolic OH excluding ortho intramolecular Hbond substituents is 1. The predicted molar refractivity (Wildman–Crippen MR) is 125 cm³/mol. The summed E-state index contributed by atoms with van der Waals surface area (Å²) in [5.74, 6) is -0.730. The molecule has 1 aliphatic rings. The number of nitriles is 1. The van der Waals surface area contributed by atoms with Crippen LogP contribution in [0.2, 0.25) is 0 Å². The van der Waals surface area contributed by atoms with Crippen LogP contribution in [-0.4, -0.2) is 22.5 Å². The topological polar surface area (TPSA) is 102 Å². The Morgan fingerprint density at radius 3 is 2.42 bits per heavy atom. The van der Waals surface area contributed by atoms with E-state index in [2.05, 4.69) is 32.6 Å². The van der Waals surface area contributed by atoms with Crippen LogP contribution in [0.3, 0.4) is 0 Å². The summed E-state index contributed by atoms with van der Waals surface area (Å²) in [7, 11) is 0. The molecule has 0 saturated heterocycles. The van der Waals surface area contributed by atoms with Gasteiger partial charge in [0.1, 0.15) is 5.75 Å². The van der Waals surface area contributed by atoms with Gasteiger partial charge in [0, 0.05) is 21.4 Å². The number of halogens is 1. The maximum Gasteiger partial charge on any atom is 0.234 e. The maximum atomic E-state index is 12.4. The summed E-state index contributed by atoms with van der Waals surface area (Å²) >= 11 is 4.56. The number of carbonyl (C=O) groups is 2. The molecule has 1 amide bonds. The first-order valence-corrected chi connectivity index (χ1v) is 11.2. The molecule has 0 bridgehead atoms. The molecule has 0 saturated carbocycles. The van der Waals surface area contributed by atoms with Crippen LogP contribution < -0.4 is 10.6 Å². The summed E-state index contributed by atoms with van der Waals surface area (Å²) in [4.78, 5) is 24.8. The number of nitrogens with one attached hydrogen (secondary N) is 2. The quantitative estimate of drug-likeness (QED) is 0.528. The van der Waals surface area contributed by atoms with Gasteiger partial charge in [-0.15, -0.1) is 0 Å². The highest BCUT2D eigenvalue weighted by molar-refractivity contribution is 9.10. The van der Waals surface area contributed by atoms with Crippen LogP contribution in [0.5, 0.6) is 5.75 Å². The molecule has 31 heavy (non-hydrogen) atoms. The van der Waals surface area contributed by atoms with E-state index in [1.54, 1.807) is 31.2 Å². The fraction of sp³-hybridized carbons (Fsp3) is 0.174. The molecule has 158 valence electrons. The molecule has 2 aromatic carbocycles. The van der Waals surface area contributed by atoms with Crippen LogP contribution in [-0.2, 0) is 9.59 Å². The van der Waals surface area contributed by atoms with Crippen molar-refractivity contribution in [2.45, 2.75) is 19.8 Å². The molecule has 1 aliphatic heterocycles. The Bertz CT molecular complexity index is 1120. The molecule has 2 aromatic rings. The number of rotatable bonds is 6. The highest BCUT2D eigenvalue weighted by Crippen LogP contribution is 2.41. The minimum Gasteiger partial charge on any atom is -0.508 e. The number of anilines is 1. The third-order valence-corrected chi connectivity index (χ3v) is 6.27. The standard InChI is InChI=1S/C23H20BrN3O3S/c1-13-21(14(2)28)22(15-3-9-18(29)10-4-15)19(11-25)23(26-13)31-12-20(30)27-17-7-5-16(24)6-8-17/h3-10,22,26,29H,12H2,1-2H3,(H,27,30)/t22-/m0/s1. The van der Waals surface area contributed by atoms with Crippen molar-refractivity contribution >= 4 is 45.1 Å². The Balaban J connectivity index is 1.86. The third-order valence-electron chi connectivity index (χ3n) is 4.73. The number of hydrogen-bond donors (Lipinski definition) is 3. The van der Waals surface area contributed by atoms with Crippen LogP contribution in [0.15, 0.2) is 74.9 Å². The first-order chi connectivity index (χ1) is 14.8. The molecule has 6 nitrogen and oxygen atoms in total. The largest absolute Gasteiger partial charge is 0.508 e. The predicted octanol–water partition coefficient (Wildman–Crippen LogP) is 4.81. The number of carbonyl (C=O) groups excluding carboxylic acids is 2. The summed E-state index contributed by atoms with van der Waals surface area (Å²) in [6, 6.07) is 15.9. The number of Topliss-reactive ketones (excluding diaryl/α,β-unsaturated/α-hetero) is 1. The molecular formula is C23H20BrN3O3S. The van der Waals surface area contributed by atoms with Crippen molar-refractivity contribution in [1.29, 1.82) is 5.26 Å². The number of benzene rings is 2. The number of hydrogen-bond acceptors (Lipinski definition) is 6. The molecule has 1 heterocycles. The van der Waals surface area contributed by atoms with Crippen LogP contribution in [0.4, 0.5) is 5.69 Å². The lowest BCUT2D eigenvalue weighted by atomic mass is 9.81. The minimum absolute atomic E-state index is 0.0918. The second-order valence-corrected chi connectivity index (χ2v) is 8.84. The number of amides is 1. The first-order valence-electron chi connectivity index (χ1n) is 9.40. The zero-order chi connectivity index (χ0) is 22.5. The monoisotopic (exact) mass is 497 g/mol. The number of dihydropyridines is 1. The number of allylic oxidation sites excluding steroid dienone is 3. The lowest BCUT2D eigenvalue weighted by Crippen LogP contribution is -2.27. The van der Waals surface area contributed by atoms with Crippen molar-refractivity contribution in [1.82, 2.24) is 5.32 Å². The van der Waals surface area contributed by atoms with E-state index < -0.39 is 5.92 Å². The normalized spacial score (nSPS) is 15.9. The molecular weight excluding hydrogens is 478 g/mol. The molecule has 0 aliphatic carbocycles. The lowest BCUT2D eigenvalue weighted by molar-refractivity contribution is -0.114. The summed E-state index contributed by atoms with van der Waals surface area (Å²) in [6.07, 6.45) is 0. The SMILES string of the molecule is CC(=O)C1=C(C)NC(SCC(=O)Nc2ccc(Br)cc2)=C(C#N)[C@@H]1c1ccc(O)cc1. The Morgan fingerprint density at radius 1 is 1.19 bits per heavy atom. The highest BCUT2D eigenvalue weighted by atomic mass is 79.9. The molecule has 1 atom stereocenters. The Labute approximate surface area is 193 Å². The maximum absolute atomic E-state index is 12.4. The number of ketones is 1. The zero-order valence-electron chi connectivity index (χ0n) is 16.9. The first kappa shape index (κ1) is 22.7. The van der Waals surface area contributed by atoms with E-state index in [1.165, 1.54) is 30.8 Å². The van der Waals surface area contributed by atoms with Crippen molar-refractivity contribution in [2.75, 3.05) is 11.1 Å². The van der Waals surface area contributed by atoms with E-state index in [9.17, 15) is 20.0 Å². The Morgan fingerprint density at radius 2 is 1.84 bits per heavy atom. The van der Waals surface area contributed by atoms with Gasteiger partial charge in [-0.25, -0.2) is 0 Å². The summed E-state index contributed by atoms with van der Waals surface area (Å²) in [6.45, 7) is 3.24. The average molecular weight is 498 g/mol. The van der Waals surface area contributed by atoms with Crippen LogP contribution >= 0.6 is 27.7 Å². The van der Waals surface area contributed by atoms with Gasteiger partial charge in [-0.2, -0.15) is 5.26 Å². The number of phenols is 1. The van der Waals surface area contributed by atoms with Gasteiger partial charge in [0.2, 0.25) is 5.91 Å².